The number of carbonyl (C=O) groups is 1. The standard InChI is InChI=1S/C20H30ClN3O3/c1-20(2,3)27-19(25)24-8-6-22(7-9-24)15-16-4-5-17(14-18(16)21)23-10-12-26-13-11-23/h4-5,14H,6-13,15H2,1-3H3. The van der Waals surface area contributed by atoms with Crippen LogP contribution in [-0.2, 0) is 16.0 Å². The summed E-state index contributed by atoms with van der Waals surface area (Å²) >= 11 is 6.55. The van der Waals surface area contributed by atoms with E-state index < -0.39 is 5.60 Å². The third kappa shape index (κ3) is 5.74. The van der Waals surface area contributed by atoms with Crippen LogP contribution in [0.25, 0.3) is 0 Å². The highest BCUT2D eigenvalue weighted by Gasteiger charge is 2.26. The number of carbonyl (C=O) groups excluding carboxylic acids is 1. The summed E-state index contributed by atoms with van der Waals surface area (Å²) in [6.07, 6.45) is -0.227. The summed E-state index contributed by atoms with van der Waals surface area (Å²) < 4.78 is 10.9. The van der Waals surface area contributed by atoms with Gasteiger partial charge >= 0.3 is 6.09 Å². The van der Waals surface area contributed by atoms with Crippen molar-refractivity contribution in [3.05, 3.63) is 28.8 Å². The van der Waals surface area contributed by atoms with Crippen LogP contribution in [0.15, 0.2) is 18.2 Å². The zero-order chi connectivity index (χ0) is 19.4. The molecule has 0 N–H and O–H groups in total. The van der Waals surface area contributed by atoms with Gasteiger partial charge in [-0.15, -0.1) is 0 Å². The van der Waals surface area contributed by atoms with E-state index in [9.17, 15) is 4.79 Å². The molecule has 6 nitrogen and oxygen atoms in total. The number of halogens is 1. The summed E-state index contributed by atoms with van der Waals surface area (Å²) in [5.41, 5.74) is 1.82. The molecule has 2 aliphatic rings. The molecule has 0 aliphatic carbocycles. The van der Waals surface area contributed by atoms with Gasteiger partial charge in [-0.1, -0.05) is 17.7 Å². The predicted octanol–water partition coefficient (Wildman–Crippen LogP) is 3.23. The van der Waals surface area contributed by atoms with E-state index in [0.29, 0.717) is 13.1 Å². The highest BCUT2D eigenvalue weighted by molar-refractivity contribution is 6.31. The molecule has 0 radical (unpaired) electrons. The van der Waals surface area contributed by atoms with Crippen LogP contribution in [0, 0.1) is 0 Å². The highest BCUT2D eigenvalue weighted by atomic mass is 35.5. The maximum atomic E-state index is 12.2. The highest BCUT2D eigenvalue weighted by Crippen LogP contribution is 2.26. The minimum atomic E-state index is -0.454. The summed E-state index contributed by atoms with van der Waals surface area (Å²) in [5.74, 6) is 0. The minimum Gasteiger partial charge on any atom is -0.444 e. The number of nitrogens with zero attached hydrogens (tertiary/aromatic N) is 3. The number of benzene rings is 1. The van der Waals surface area contributed by atoms with Crippen molar-refractivity contribution in [1.82, 2.24) is 9.80 Å². The molecule has 3 rings (SSSR count). The van der Waals surface area contributed by atoms with Crippen molar-refractivity contribution in [2.75, 3.05) is 57.4 Å². The largest absolute Gasteiger partial charge is 0.444 e. The fourth-order valence-corrected chi connectivity index (χ4v) is 3.57. The Morgan fingerprint density at radius 3 is 2.37 bits per heavy atom. The lowest BCUT2D eigenvalue weighted by molar-refractivity contribution is 0.0139. The van der Waals surface area contributed by atoms with Crippen molar-refractivity contribution in [3.63, 3.8) is 0 Å². The van der Waals surface area contributed by atoms with Crippen molar-refractivity contribution in [2.45, 2.75) is 32.9 Å². The Morgan fingerprint density at radius 1 is 1.11 bits per heavy atom. The molecule has 2 heterocycles. The first-order chi connectivity index (χ1) is 12.8. The Hall–Kier alpha value is -1.50. The molecular weight excluding hydrogens is 366 g/mol. The third-order valence-electron chi connectivity index (χ3n) is 4.83. The summed E-state index contributed by atoms with van der Waals surface area (Å²) in [7, 11) is 0. The monoisotopic (exact) mass is 395 g/mol. The molecule has 0 spiro atoms. The zero-order valence-electron chi connectivity index (χ0n) is 16.5. The van der Waals surface area contributed by atoms with E-state index in [0.717, 1.165) is 62.2 Å². The summed E-state index contributed by atoms with van der Waals surface area (Å²) in [6, 6.07) is 6.32. The molecule has 27 heavy (non-hydrogen) atoms. The van der Waals surface area contributed by atoms with Crippen molar-refractivity contribution in [3.8, 4) is 0 Å². The van der Waals surface area contributed by atoms with Gasteiger partial charge in [0.1, 0.15) is 5.60 Å². The molecule has 0 saturated carbocycles. The van der Waals surface area contributed by atoms with E-state index in [1.54, 1.807) is 4.90 Å². The van der Waals surface area contributed by atoms with Crippen LogP contribution >= 0.6 is 11.6 Å². The molecule has 150 valence electrons. The average Bonchev–Trinajstić information content (AvgIpc) is 2.63. The Labute approximate surface area is 167 Å². The Kier molecular flexibility index (Phi) is 6.50. The molecule has 1 aromatic rings. The summed E-state index contributed by atoms with van der Waals surface area (Å²) in [5, 5.41) is 0.800. The minimum absolute atomic E-state index is 0.227. The van der Waals surface area contributed by atoms with E-state index in [2.05, 4.69) is 28.0 Å². The zero-order valence-corrected chi connectivity index (χ0v) is 17.3. The quantitative estimate of drug-likeness (QED) is 0.786. The van der Waals surface area contributed by atoms with E-state index in [4.69, 9.17) is 21.1 Å². The molecule has 2 saturated heterocycles. The van der Waals surface area contributed by atoms with E-state index >= 15 is 0 Å². The number of morpholine rings is 1. The number of piperazine rings is 1. The Morgan fingerprint density at radius 2 is 1.78 bits per heavy atom. The predicted molar refractivity (Wildman–Crippen MR) is 108 cm³/mol. The van der Waals surface area contributed by atoms with Crippen LogP contribution in [0.1, 0.15) is 26.3 Å². The number of hydrogen-bond donors (Lipinski definition) is 0. The first-order valence-electron chi connectivity index (χ1n) is 9.63. The van der Waals surface area contributed by atoms with E-state index in [1.807, 2.05) is 20.8 Å². The second-order valence-electron chi connectivity index (χ2n) is 8.12. The fraction of sp³-hybridized carbons (Fsp3) is 0.650. The molecule has 2 fully saturated rings. The maximum absolute atomic E-state index is 12.2. The van der Waals surface area contributed by atoms with Crippen LogP contribution in [0.2, 0.25) is 5.02 Å². The van der Waals surface area contributed by atoms with Crippen molar-refractivity contribution >= 4 is 23.4 Å². The number of ether oxygens (including phenoxy) is 2. The first kappa shape index (κ1) is 20.2. The molecule has 1 amide bonds. The van der Waals surface area contributed by atoms with Gasteiger partial charge in [0.25, 0.3) is 0 Å². The molecule has 7 heteroatoms. The normalized spacial score (nSPS) is 19.3. The van der Waals surface area contributed by atoms with Crippen molar-refractivity contribution in [1.29, 1.82) is 0 Å². The second kappa shape index (κ2) is 8.67. The second-order valence-corrected chi connectivity index (χ2v) is 8.53. The average molecular weight is 396 g/mol. The van der Waals surface area contributed by atoms with Crippen LogP contribution in [0.3, 0.4) is 0 Å². The van der Waals surface area contributed by atoms with Gasteiger partial charge in [0.05, 0.1) is 13.2 Å². The molecule has 0 bridgehead atoms. The van der Waals surface area contributed by atoms with Gasteiger partial charge in [-0.3, -0.25) is 4.90 Å². The topological polar surface area (TPSA) is 45.2 Å². The lowest BCUT2D eigenvalue weighted by atomic mass is 10.1. The van der Waals surface area contributed by atoms with E-state index in [1.165, 1.54) is 0 Å². The fourth-order valence-electron chi connectivity index (χ4n) is 3.34. The van der Waals surface area contributed by atoms with Gasteiger partial charge in [0, 0.05) is 56.5 Å². The van der Waals surface area contributed by atoms with Gasteiger partial charge < -0.3 is 19.3 Å². The maximum Gasteiger partial charge on any atom is 0.410 e. The molecule has 0 atom stereocenters. The molecule has 0 aromatic heterocycles. The summed E-state index contributed by atoms with van der Waals surface area (Å²) in [4.78, 5) is 18.6. The Balaban J connectivity index is 1.52. The van der Waals surface area contributed by atoms with Crippen molar-refractivity contribution in [2.24, 2.45) is 0 Å². The van der Waals surface area contributed by atoms with Gasteiger partial charge in [0.15, 0.2) is 0 Å². The summed E-state index contributed by atoms with van der Waals surface area (Å²) in [6.45, 7) is 12.8. The molecular formula is C20H30ClN3O3. The molecule has 2 aliphatic heterocycles. The van der Waals surface area contributed by atoms with Crippen LogP contribution in [0.4, 0.5) is 10.5 Å². The van der Waals surface area contributed by atoms with Gasteiger partial charge in [0.2, 0.25) is 0 Å². The molecule has 0 unspecified atom stereocenters. The number of rotatable bonds is 3. The smallest absolute Gasteiger partial charge is 0.410 e. The number of hydrogen-bond acceptors (Lipinski definition) is 5. The van der Waals surface area contributed by atoms with Gasteiger partial charge in [-0.2, -0.15) is 0 Å². The van der Waals surface area contributed by atoms with E-state index in [-0.39, 0.29) is 6.09 Å². The van der Waals surface area contributed by atoms with Gasteiger partial charge in [-0.25, -0.2) is 4.79 Å². The third-order valence-corrected chi connectivity index (χ3v) is 5.18. The first-order valence-corrected chi connectivity index (χ1v) is 10.0. The molecule has 1 aromatic carbocycles. The van der Waals surface area contributed by atoms with Crippen LogP contribution in [0.5, 0.6) is 0 Å². The number of amides is 1. The van der Waals surface area contributed by atoms with Crippen LogP contribution in [-0.4, -0.2) is 74.0 Å². The Bertz CT molecular complexity index is 648. The van der Waals surface area contributed by atoms with Gasteiger partial charge in [-0.05, 0) is 38.5 Å². The SMILES string of the molecule is CC(C)(C)OC(=O)N1CCN(Cc2ccc(N3CCOCC3)cc2Cl)CC1. The van der Waals surface area contributed by atoms with Crippen LogP contribution < -0.4 is 4.90 Å². The lowest BCUT2D eigenvalue weighted by Crippen LogP contribution is -2.49. The lowest BCUT2D eigenvalue weighted by Gasteiger charge is -2.35. The number of anilines is 1. The van der Waals surface area contributed by atoms with Crippen molar-refractivity contribution < 1.29 is 14.3 Å².